The number of hydrogen-bond acceptors (Lipinski definition) is 2. The highest BCUT2D eigenvalue weighted by atomic mass is 16.4. The first-order valence-corrected chi connectivity index (χ1v) is 7.09. The molecule has 20 heavy (non-hydrogen) atoms. The van der Waals surface area contributed by atoms with E-state index < -0.39 is 5.97 Å². The Balaban J connectivity index is 1.78. The van der Waals surface area contributed by atoms with Crippen molar-refractivity contribution in [2.45, 2.75) is 25.9 Å². The lowest BCUT2D eigenvalue weighted by Crippen LogP contribution is -2.32. The summed E-state index contributed by atoms with van der Waals surface area (Å²) >= 11 is 0. The summed E-state index contributed by atoms with van der Waals surface area (Å²) in [4.78, 5) is 13.4. The monoisotopic (exact) mass is 269 g/mol. The average Bonchev–Trinajstić information content (AvgIpc) is 2.80. The summed E-state index contributed by atoms with van der Waals surface area (Å²) in [5, 5.41) is 11.7. The van der Waals surface area contributed by atoms with Crippen molar-refractivity contribution in [2.24, 2.45) is 5.92 Å². The van der Waals surface area contributed by atoms with Crippen LogP contribution >= 0.6 is 0 Å². The fourth-order valence-corrected chi connectivity index (χ4v) is 3.13. The van der Waals surface area contributed by atoms with Crippen LogP contribution in [0.4, 0.5) is 0 Å². The number of nitrogens with zero attached hydrogens (tertiary/aromatic N) is 1. The van der Waals surface area contributed by atoms with Gasteiger partial charge in [-0.1, -0.05) is 36.4 Å². The van der Waals surface area contributed by atoms with Gasteiger partial charge in [-0.25, -0.2) is 0 Å². The number of fused-ring (bicyclic) bond motifs is 1. The molecule has 1 heterocycles. The number of carboxylic acid groups (broad SMARTS) is 1. The molecule has 2 aromatic rings. The summed E-state index contributed by atoms with van der Waals surface area (Å²) in [6.45, 7) is 3.72. The van der Waals surface area contributed by atoms with Crippen LogP contribution in [0, 0.1) is 5.92 Å². The third-order valence-corrected chi connectivity index (χ3v) is 4.40. The second-order valence-corrected chi connectivity index (χ2v) is 5.63. The van der Waals surface area contributed by atoms with Crippen LogP contribution in [0.15, 0.2) is 42.5 Å². The van der Waals surface area contributed by atoms with E-state index in [4.69, 9.17) is 0 Å². The third kappa shape index (κ3) is 2.41. The Hall–Kier alpha value is -1.87. The Morgan fingerprint density at radius 3 is 2.70 bits per heavy atom. The lowest BCUT2D eigenvalue weighted by Gasteiger charge is -2.23. The molecule has 2 aromatic carbocycles. The molecule has 2 unspecified atom stereocenters. The Bertz CT molecular complexity index is 638. The Labute approximate surface area is 118 Å². The van der Waals surface area contributed by atoms with Crippen LogP contribution in [-0.4, -0.2) is 28.6 Å². The second kappa shape index (κ2) is 5.25. The van der Waals surface area contributed by atoms with Crippen LogP contribution in [-0.2, 0) is 11.3 Å². The summed E-state index contributed by atoms with van der Waals surface area (Å²) < 4.78 is 0. The van der Waals surface area contributed by atoms with Gasteiger partial charge in [0.1, 0.15) is 0 Å². The molecule has 3 nitrogen and oxygen atoms in total. The van der Waals surface area contributed by atoms with Gasteiger partial charge in [-0.05, 0) is 42.3 Å². The maximum Gasteiger partial charge on any atom is 0.308 e. The van der Waals surface area contributed by atoms with E-state index in [1.807, 2.05) is 19.1 Å². The van der Waals surface area contributed by atoms with Gasteiger partial charge in [0.2, 0.25) is 0 Å². The first-order chi connectivity index (χ1) is 9.65. The molecule has 0 radical (unpaired) electrons. The molecule has 3 heteroatoms. The molecule has 0 aromatic heterocycles. The molecule has 1 aliphatic rings. The van der Waals surface area contributed by atoms with E-state index in [0.29, 0.717) is 0 Å². The zero-order valence-electron chi connectivity index (χ0n) is 11.6. The van der Waals surface area contributed by atoms with Crippen LogP contribution in [0.3, 0.4) is 0 Å². The number of aliphatic carboxylic acids is 1. The maximum absolute atomic E-state index is 11.2. The first-order valence-electron chi connectivity index (χ1n) is 7.09. The van der Waals surface area contributed by atoms with E-state index in [-0.39, 0.29) is 12.0 Å². The largest absolute Gasteiger partial charge is 0.481 e. The number of hydrogen-bond donors (Lipinski definition) is 1. The zero-order chi connectivity index (χ0) is 14.1. The summed E-state index contributed by atoms with van der Waals surface area (Å²) in [6.07, 6.45) is 0.754. The molecule has 1 saturated heterocycles. The Morgan fingerprint density at radius 2 is 2.00 bits per heavy atom. The highest BCUT2D eigenvalue weighted by molar-refractivity contribution is 5.83. The number of benzene rings is 2. The van der Waals surface area contributed by atoms with Gasteiger partial charge in [0.25, 0.3) is 0 Å². The fraction of sp³-hybridized carbons (Fsp3) is 0.353. The van der Waals surface area contributed by atoms with Gasteiger partial charge < -0.3 is 5.11 Å². The van der Waals surface area contributed by atoms with Gasteiger partial charge in [0.05, 0.1) is 5.92 Å². The quantitative estimate of drug-likeness (QED) is 0.930. The summed E-state index contributed by atoms with van der Waals surface area (Å²) in [7, 11) is 0. The standard InChI is InChI=1S/C17H19NO2/c1-12-16(17(19)20)8-9-18(12)11-13-6-7-14-4-2-3-5-15(14)10-13/h2-7,10,12,16H,8-9,11H2,1H3,(H,19,20). The van der Waals surface area contributed by atoms with Crippen LogP contribution in [0.2, 0.25) is 0 Å². The van der Waals surface area contributed by atoms with Crippen LogP contribution in [0.25, 0.3) is 10.8 Å². The van der Waals surface area contributed by atoms with Gasteiger partial charge in [-0.3, -0.25) is 9.69 Å². The van der Waals surface area contributed by atoms with Gasteiger partial charge in [-0.2, -0.15) is 0 Å². The van der Waals surface area contributed by atoms with E-state index in [2.05, 4.69) is 35.2 Å². The third-order valence-electron chi connectivity index (χ3n) is 4.40. The van der Waals surface area contributed by atoms with Gasteiger partial charge in [0, 0.05) is 12.6 Å². The molecule has 0 saturated carbocycles. The minimum absolute atomic E-state index is 0.110. The molecule has 3 rings (SSSR count). The van der Waals surface area contributed by atoms with Crippen molar-refractivity contribution in [3.05, 3.63) is 48.0 Å². The lowest BCUT2D eigenvalue weighted by atomic mass is 10.0. The predicted octanol–water partition coefficient (Wildman–Crippen LogP) is 3.13. The second-order valence-electron chi connectivity index (χ2n) is 5.63. The number of rotatable bonds is 3. The van der Waals surface area contributed by atoms with Crippen molar-refractivity contribution in [1.29, 1.82) is 0 Å². The topological polar surface area (TPSA) is 40.5 Å². The smallest absolute Gasteiger partial charge is 0.308 e. The van der Waals surface area contributed by atoms with Crippen LogP contribution < -0.4 is 0 Å². The van der Waals surface area contributed by atoms with Crippen molar-refractivity contribution in [2.75, 3.05) is 6.54 Å². The molecule has 0 bridgehead atoms. The molecular weight excluding hydrogens is 250 g/mol. The predicted molar refractivity (Wildman–Crippen MR) is 79.6 cm³/mol. The van der Waals surface area contributed by atoms with E-state index in [1.54, 1.807) is 0 Å². The van der Waals surface area contributed by atoms with Crippen molar-refractivity contribution in [3.63, 3.8) is 0 Å². The normalized spacial score (nSPS) is 23.2. The average molecular weight is 269 g/mol. The zero-order valence-corrected chi connectivity index (χ0v) is 11.6. The summed E-state index contributed by atoms with van der Waals surface area (Å²) in [5.41, 5.74) is 1.25. The minimum atomic E-state index is -0.668. The highest BCUT2D eigenvalue weighted by Gasteiger charge is 2.35. The van der Waals surface area contributed by atoms with Gasteiger partial charge in [0.15, 0.2) is 0 Å². The number of likely N-dealkylation sites (tertiary alicyclic amines) is 1. The SMILES string of the molecule is CC1C(C(=O)O)CCN1Cc1ccc2ccccc2c1. The van der Waals surface area contributed by atoms with Crippen LogP contribution in [0.5, 0.6) is 0 Å². The van der Waals surface area contributed by atoms with Crippen molar-refractivity contribution in [3.8, 4) is 0 Å². The number of carbonyl (C=O) groups is 1. The molecule has 2 atom stereocenters. The molecule has 1 aliphatic heterocycles. The van der Waals surface area contributed by atoms with Gasteiger partial charge >= 0.3 is 5.97 Å². The van der Waals surface area contributed by atoms with E-state index >= 15 is 0 Å². The highest BCUT2D eigenvalue weighted by Crippen LogP contribution is 2.26. The molecule has 104 valence electrons. The van der Waals surface area contributed by atoms with Gasteiger partial charge in [-0.15, -0.1) is 0 Å². The van der Waals surface area contributed by atoms with Crippen LogP contribution in [0.1, 0.15) is 18.9 Å². The maximum atomic E-state index is 11.2. The Morgan fingerprint density at radius 1 is 1.25 bits per heavy atom. The first kappa shape index (κ1) is 13.1. The fourth-order valence-electron chi connectivity index (χ4n) is 3.13. The molecule has 0 aliphatic carbocycles. The van der Waals surface area contributed by atoms with E-state index in [9.17, 15) is 9.90 Å². The van der Waals surface area contributed by atoms with Crippen molar-refractivity contribution < 1.29 is 9.90 Å². The van der Waals surface area contributed by atoms with E-state index in [1.165, 1.54) is 16.3 Å². The van der Waals surface area contributed by atoms with Crippen molar-refractivity contribution in [1.82, 2.24) is 4.90 Å². The number of carboxylic acids is 1. The molecular formula is C17H19NO2. The molecule has 0 spiro atoms. The molecule has 1 fully saturated rings. The Kier molecular flexibility index (Phi) is 3.45. The minimum Gasteiger partial charge on any atom is -0.481 e. The summed E-state index contributed by atoms with van der Waals surface area (Å²) in [6, 6.07) is 14.9. The molecule has 1 N–H and O–H groups in total. The lowest BCUT2D eigenvalue weighted by molar-refractivity contribution is -0.142. The summed E-state index contributed by atoms with van der Waals surface area (Å²) in [5.74, 6) is -0.894. The van der Waals surface area contributed by atoms with Crippen molar-refractivity contribution >= 4 is 16.7 Å². The van der Waals surface area contributed by atoms with E-state index in [0.717, 1.165) is 19.5 Å². The molecule has 0 amide bonds.